The molecule has 2 aromatic rings. The quantitative estimate of drug-likeness (QED) is 0.279. The van der Waals surface area contributed by atoms with Crippen molar-refractivity contribution in [3.05, 3.63) is 58.6 Å². The van der Waals surface area contributed by atoms with E-state index in [9.17, 15) is 10.1 Å². The minimum absolute atomic E-state index is 0.285. The number of halogens is 1. The van der Waals surface area contributed by atoms with Gasteiger partial charge in [-0.3, -0.25) is 4.79 Å². The van der Waals surface area contributed by atoms with Crippen LogP contribution < -0.4 is 9.47 Å². The molecule has 0 heterocycles. The topological polar surface area (TPSA) is 59.3 Å². The molecule has 0 radical (unpaired) electrons. The van der Waals surface area contributed by atoms with Gasteiger partial charge in [0.05, 0.1) is 18.8 Å². The lowest BCUT2D eigenvalue weighted by atomic mass is 10.0. The highest BCUT2D eigenvalue weighted by Gasteiger charge is 2.11. The molecular formula is C21H20ClNO3. The molecule has 0 aliphatic carbocycles. The molecule has 0 spiro atoms. The maximum Gasteiger partial charge on any atom is 0.311 e. The van der Waals surface area contributed by atoms with Gasteiger partial charge in [0.15, 0.2) is 11.5 Å². The van der Waals surface area contributed by atoms with Crippen LogP contribution in [0.1, 0.15) is 37.3 Å². The average Bonchev–Trinajstić information content (AvgIpc) is 2.66. The molecule has 0 aromatic heterocycles. The molecule has 0 saturated heterocycles. The van der Waals surface area contributed by atoms with Gasteiger partial charge in [-0.25, -0.2) is 0 Å². The minimum atomic E-state index is -0.285. The molecule has 0 fully saturated rings. The molecule has 134 valence electrons. The van der Waals surface area contributed by atoms with Gasteiger partial charge in [0.25, 0.3) is 0 Å². The van der Waals surface area contributed by atoms with Crippen molar-refractivity contribution in [3.63, 3.8) is 0 Å². The van der Waals surface area contributed by atoms with Crippen molar-refractivity contribution in [1.29, 1.82) is 5.26 Å². The number of ether oxygens (including phenoxy) is 2. The Morgan fingerprint density at radius 1 is 1.19 bits per heavy atom. The molecular weight excluding hydrogens is 350 g/mol. The Labute approximate surface area is 158 Å². The standard InChI is InChI=1S/C21H20ClNO3/c1-3-4-5-21(24)26-19-11-6-15(13-20(19)25-2)12-17(14-23)16-7-9-18(22)10-8-16/h6-13H,3-5H2,1-2H3/b17-12-. The first-order chi connectivity index (χ1) is 12.6. The maximum atomic E-state index is 11.8. The fourth-order valence-electron chi connectivity index (χ4n) is 2.33. The summed E-state index contributed by atoms with van der Waals surface area (Å²) in [5, 5.41) is 10.1. The van der Waals surface area contributed by atoms with Crippen LogP contribution in [0.3, 0.4) is 0 Å². The van der Waals surface area contributed by atoms with E-state index in [-0.39, 0.29) is 5.97 Å². The molecule has 5 heteroatoms. The third-order valence-corrected chi connectivity index (χ3v) is 3.98. The SMILES string of the molecule is CCCCC(=O)Oc1ccc(/C=C(/C#N)c2ccc(Cl)cc2)cc1OC. The van der Waals surface area contributed by atoms with Crippen LogP contribution >= 0.6 is 11.6 Å². The van der Waals surface area contributed by atoms with E-state index < -0.39 is 0 Å². The second-order valence-corrected chi connectivity index (χ2v) is 6.10. The molecule has 0 saturated carbocycles. The van der Waals surface area contributed by atoms with Gasteiger partial charge in [0, 0.05) is 11.4 Å². The van der Waals surface area contributed by atoms with Crippen LogP contribution in [0.2, 0.25) is 5.02 Å². The summed E-state index contributed by atoms with van der Waals surface area (Å²) in [6, 6.07) is 14.4. The fraction of sp³-hybridized carbons (Fsp3) is 0.238. The number of esters is 1. The summed E-state index contributed by atoms with van der Waals surface area (Å²) in [5.74, 6) is 0.528. The molecule has 0 amide bonds. The lowest BCUT2D eigenvalue weighted by Crippen LogP contribution is -2.08. The van der Waals surface area contributed by atoms with Crippen LogP contribution in [0.5, 0.6) is 11.5 Å². The zero-order chi connectivity index (χ0) is 18.9. The van der Waals surface area contributed by atoms with Gasteiger partial charge in [0.1, 0.15) is 0 Å². The second-order valence-electron chi connectivity index (χ2n) is 5.66. The predicted molar refractivity (Wildman–Crippen MR) is 103 cm³/mol. The number of nitrogens with zero attached hydrogens (tertiary/aromatic N) is 1. The summed E-state index contributed by atoms with van der Waals surface area (Å²) in [6.07, 6.45) is 3.83. The largest absolute Gasteiger partial charge is 0.493 e. The van der Waals surface area contributed by atoms with Crippen LogP contribution in [0.4, 0.5) is 0 Å². The van der Waals surface area contributed by atoms with Crippen molar-refractivity contribution in [3.8, 4) is 17.6 Å². The highest BCUT2D eigenvalue weighted by atomic mass is 35.5. The number of rotatable bonds is 7. The van der Waals surface area contributed by atoms with E-state index in [2.05, 4.69) is 6.07 Å². The molecule has 2 rings (SSSR count). The molecule has 0 N–H and O–H groups in total. The molecule has 0 aliphatic rings. The summed E-state index contributed by atoms with van der Waals surface area (Å²) < 4.78 is 10.7. The first-order valence-electron chi connectivity index (χ1n) is 8.33. The number of unbranched alkanes of at least 4 members (excludes halogenated alkanes) is 1. The van der Waals surface area contributed by atoms with Gasteiger partial charge < -0.3 is 9.47 Å². The Morgan fingerprint density at radius 3 is 2.54 bits per heavy atom. The second kappa shape index (κ2) is 9.65. The summed E-state index contributed by atoms with van der Waals surface area (Å²) >= 11 is 5.89. The van der Waals surface area contributed by atoms with Gasteiger partial charge in [-0.05, 0) is 47.9 Å². The lowest BCUT2D eigenvalue weighted by molar-refractivity contribution is -0.134. The Hall–Kier alpha value is -2.77. The van der Waals surface area contributed by atoms with Crippen LogP contribution in [0, 0.1) is 11.3 Å². The Balaban J connectivity index is 2.26. The number of hydrogen-bond donors (Lipinski definition) is 0. The van der Waals surface area contributed by atoms with Crippen molar-refractivity contribution in [2.45, 2.75) is 26.2 Å². The van der Waals surface area contributed by atoms with Gasteiger partial charge in [-0.2, -0.15) is 5.26 Å². The summed E-state index contributed by atoms with van der Waals surface area (Å²) in [7, 11) is 1.51. The van der Waals surface area contributed by atoms with E-state index in [1.165, 1.54) is 7.11 Å². The average molecular weight is 370 g/mol. The zero-order valence-electron chi connectivity index (χ0n) is 14.8. The third kappa shape index (κ3) is 5.37. The van der Waals surface area contributed by atoms with E-state index in [1.54, 1.807) is 48.5 Å². The van der Waals surface area contributed by atoms with E-state index in [0.29, 0.717) is 28.5 Å². The van der Waals surface area contributed by atoms with E-state index in [4.69, 9.17) is 21.1 Å². The van der Waals surface area contributed by atoms with E-state index in [0.717, 1.165) is 24.0 Å². The molecule has 4 nitrogen and oxygen atoms in total. The molecule has 0 atom stereocenters. The van der Waals surface area contributed by atoms with Crippen molar-refractivity contribution < 1.29 is 14.3 Å². The predicted octanol–water partition coefficient (Wildman–Crippen LogP) is 5.51. The van der Waals surface area contributed by atoms with Gasteiger partial charge >= 0.3 is 5.97 Å². The molecule has 26 heavy (non-hydrogen) atoms. The van der Waals surface area contributed by atoms with Crippen LogP contribution in [-0.4, -0.2) is 13.1 Å². The molecule has 0 unspecified atom stereocenters. The Kier molecular flexibility index (Phi) is 7.25. The smallest absolute Gasteiger partial charge is 0.311 e. The number of benzene rings is 2. The van der Waals surface area contributed by atoms with Crippen molar-refractivity contribution in [1.82, 2.24) is 0 Å². The van der Waals surface area contributed by atoms with E-state index >= 15 is 0 Å². The fourth-order valence-corrected chi connectivity index (χ4v) is 2.46. The number of carbonyl (C=O) groups excluding carboxylic acids is 1. The molecule has 0 bridgehead atoms. The van der Waals surface area contributed by atoms with Gasteiger partial charge in [0.2, 0.25) is 0 Å². The third-order valence-electron chi connectivity index (χ3n) is 3.73. The first-order valence-corrected chi connectivity index (χ1v) is 8.71. The van der Waals surface area contributed by atoms with Crippen LogP contribution in [0.15, 0.2) is 42.5 Å². The highest BCUT2D eigenvalue weighted by molar-refractivity contribution is 6.30. The monoisotopic (exact) mass is 369 g/mol. The van der Waals surface area contributed by atoms with E-state index in [1.807, 2.05) is 6.92 Å². The van der Waals surface area contributed by atoms with Gasteiger partial charge in [-0.15, -0.1) is 0 Å². The number of hydrogen-bond acceptors (Lipinski definition) is 4. The Bertz CT molecular complexity index is 835. The van der Waals surface area contributed by atoms with Crippen LogP contribution in [0.25, 0.3) is 11.6 Å². The molecule has 2 aromatic carbocycles. The normalized spacial score (nSPS) is 10.9. The highest BCUT2D eigenvalue weighted by Crippen LogP contribution is 2.30. The first kappa shape index (κ1) is 19.6. The summed E-state index contributed by atoms with van der Waals surface area (Å²) in [6.45, 7) is 2.02. The minimum Gasteiger partial charge on any atom is -0.493 e. The lowest BCUT2D eigenvalue weighted by Gasteiger charge is -2.10. The number of methoxy groups -OCH3 is 1. The number of nitriles is 1. The van der Waals surface area contributed by atoms with Crippen molar-refractivity contribution >= 4 is 29.2 Å². The molecule has 0 aliphatic heterocycles. The summed E-state index contributed by atoms with van der Waals surface area (Å²) in [4.78, 5) is 11.8. The zero-order valence-corrected chi connectivity index (χ0v) is 15.5. The number of allylic oxidation sites excluding steroid dienone is 1. The number of carbonyl (C=O) groups is 1. The van der Waals surface area contributed by atoms with Crippen molar-refractivity contribution in [2.24, 2.45) is 0 Å². The van der Waals surface area contributed by atoms with Gasteiger partial charge in [-0.1, -0.05) is 43.1 Å². The Morgan fingerprint density at radius 2 is 1.92 bits per heavy atom. The maximum absolute atomic E-state index is 11.8. The van der Waals surface area contributed by atoms with Crippen LogP contribution in [-0.2, 0) is 4.79 Å². The van der Waals surface area contributed by atoms with Crippen molar-refractivity contribution in [2.75, 3.05) is 7.11 Å². The summed E-state index contributed by atoms with van der Waals surface area (Å²) in [5.41, 5.74) is 2.03.